The second-order valence-corrected chi connectivity index (χ2v) is 8.68. The van der Waals surface area contributed by atoms with Crippen LogP contribution in [-0.2, 0) is 16.8 Å². The number of benzene rings is 2. The zero-order valence-corrected chi connectivity index (χ0v) is 18.8. The van der Waals surface area contributed by atoms with E-state index in [1.165, 1.54) is 10.2 Å². The van der Waals surface area contributed by atoms with Gasteiger partial charge in [0.2, 0.25) is 0 Å². The van der Waals surface area contributed by atoms with Gasteiger partial charge in [-0.1, -0.05) is 50.2 Å². The Bertz CT molecular complexity index is 1340. The number of aliphatic carboxylic acids is 1. The average Bonchev–Trinajstić information content (AvgIpc) is 3.19. The molecule has 8 heteroatoms. The third-order valence-electron chi connectivity index (χ3n) is 6.05. The molecule has 0 atom stereocenters. The first-order chi connectivity index (χ1) is 15.7. The first kappa shape index (κ1) is 22.3. The smallest absolute Gasteiger partial charge is 0.303 e. The number of carbonyl (C=O) groups is 1. The number of hydrogen-bond donors (Lipinski definition) is 3. The predicted octanol–water partition coefficient (Wildman–Crippen LogP) is 5.30. The number of rotatable bonds is 7. The van der Waals surface area contributed by atoms with Gasteiger partial charge >= 0.3 is 5.97 Å². The fourth-order valence-corrected chi connectivity index (χ4v) is 4.28. The van der Waals surface area contributed by atoms with Gasteiger partial charge < -0.3 is 10.2 Å². The van der Waals surface area contributed by atoms with Crippen LogP contribution in [0.25, 0.3) is 11.6 Å². The van der Waals surface area contributed by atoms with Gasteiger partial charge in [-0.2, -0.15) is 0 Å². The van der Waals surface area contributed by atoms with E-state index in [9.17, 15) is 14.7 Å². The van der Waals surface area contributed by atoms with Crippen molar-refractivity contribution >= 4 is 29.0 Å². The first-order valence-electron chi connectivity index (χ1n) is 10.8. The summed E-state index contributed by atoms with van der Waals surface area (Å²) in [6.45, 7) is 6.18. The summed E-state index contributed by atoms with van der Waals surface area (Å²) in [4.78, 5) is 23.3. The van der Waals surface area contributed by atoms with Gasteiger partial charge in [0.05, 0.1) is 5.69 Å². The van der Waals surface area contributed by atoms with Crippen molar-refractivity contribution in [2.45, 2.75) is 45.6 Å². The minimum Gasteiger partial charge on any atom is -0.505 e. The van der Waals surface area contributed by atoms with E-state index < -0.39 is 5.97 Å². The van der Waals surface area contributed by atoms with Crippen molar-refractivity contribution in [3.63, 3.8) is 0 Å². The van der Waals surface area contributed by atoms with E-state index in [1.54, 1.807) is 19.1 Å². The Hall–Kier alpha value is -3.94. The topological polar surface area (TPSA) is 120 Å². The molecule has 3 aromatic rings. The maximum atomic E-state index is 12.6. The number of carboxylic acid groups (broad SMARTS) is 1. The van der Waals surface area contributed by atoms with E-state index in [2.05, 4.69) is 47.4 Å². The van der Waals surface area contributed by atoms with Crippen molar-refractivity contribution in [1.82, 2.24) is 9.78 Å². The van der Waals surface area contributed by atoms with E-state index in [4.69, 9.17) is 5.11 Å². The molecule has 0 spiro atoms. The SMILES string of the molecule is Cc1[nH]n(CCCC(=O)O)c(=O)c1N=Nc1cccc(C2=Cc3ccccc3C2(C)C)c1O. The number of phenolic OH excluding ortho intramolecular Hbond substituents is 1. The quantitative estimate of drug-likeness (QED) is 0.426. The number of para-hydroxylation sites is 1. The first-order valence-corrected chi connectivity index (χ1v) is 10.8. The molecular formula is C25H26N4O4. The summed E-state index contributed by atoms with van der Waals surface area (Å²) in [6, 6.07) is 13.5. The van der Waals surface area contributed by atoms with E-state index in [-0.39, 0.29) is 41.1 Å². The van der Waals surface area contributed by atoms with Gasteiger partial charge in [-0.15, -0.1) is 10.2 Å². The molecule has 0 bridgehead atoms. The Kier molecular flexibility index (Phi) is 5.76. The highest BCUT2D eigenvalue weighted by atomic mass is 16.4. The van der Waals surface area contributed by atoms with E-state index in [1.807, 2.05) is 18.2 Å². The number of aryl methyl sites for hydroxylation is 2. The van der Waals surface area contributed by atoms with Crippen LogP contribution in [0.15, 0.2) is 57.5 Å². The van der Waals surface area contributed by atoms with Crippen molar-refractivity contribution in [3.05, 3.63) is 75.2 Å². The summed E-state index contributed by atoms with van der Waals surface area (Å²) in [7, 11) is 0. The van der Waals surface area contributed by atoms with Gasteiger partial charge in [-0.05, 0) is 42.2 Å². The highest BCUT2D eigenvalue weighted by Gasteiger charge is 2.34. The molecule has 1 aliphatic rings. The van der Waals surface area contributed by atoms with Gasteiger partial charge in [-0.25, -0.2) is 0 Å². The molecule has 8 nitrogen and oxygen atoms in total. The average molecular weight is 447 g/mol. The van der Waals surface area contributed by atoms with E-state index in [0.717, 1.165) is 11.1 Å². The van der Waals surface area contributed by atoms with Crippen LogP contribution in [0.5, 0.6) is 5.75 Å². The maximum absolute atomic E-state index is 12.6. The zero-order valence-electron chi connectivity index (χ0n) is 18.8. The number of aromatic nitrogens is 2. The molecule has 0 unspecified atom stereocenters. The number of phenols is 1. The van der Waals surface area contributed by atoms with Crippen LogP contribution in [0.4, 0.5) is 11.4 Å². The lowest BCUT2D eigenvalue weighted by Crippen LogP contribution is -2.17. The van der Waals surface area contributed by atoms with Gasteiger partial charge in [0.1, 0.15) is 5.69 Å². The number of allylic oxidation sites excluding steroid dienone is 1. The maximum Gasteiger partial charge on any atom is 0.303 e. The molecule has 2 aromatic carbocycles. The summed E-state index contributed by atoms with van der Waals surface area (Å²) in [5.41, 5.74) is 4.21. The summed E-state index contributed by atoms with van der Waals surface area (Å²) in [5, 5.41) is 31.0. The second kappa shape index (κ2) is 8.54. The van der Waals surface area contributed by atoms with Crippen molar-refractivity contribution in [3.8, 4) is 5.75 Å². The fraction of sp³-hybridized carbons (Fsp3) is 0.280. The molecule has 3 N–H and O–H groups in total. The molecule has 170 valence electrons. The number of azo groups is 1. The van der Waals surface area contributed by atoms with Crippen LogP contribution in [0, 0.1) is 6.92 Å². The van der Waals surface area contributed by atoms with Crippen molar-refractivity contribution in [1.29, 1.82) is 0 Å². The van der Waals surface area contributed by atoms with Crippen LogP contribution in [0.2, 0.25) is 0 Å². The fourth-order valence-electron chi connectivity index (χ4n) is 4.28. The Labute approximate surface area is 190 Å². The zero-order chi connectivity index (χ0) is 23.8. The summed E-state index contributed by atoms with van der Waals surface area (Å²) in [6.07, 6.45) is 2.37. The number of hydrogen-bond acceptors (Lipinski definition) is 5. The Balaban J connectivity index is 1.63. The van der Waals surface area contributed by atoms with E-state index >= 15 is 0 Å². The molecule has 0 saturated heterocycles. The number of fused-ring (bicyclic) bond motifs is 1. The number of nitrogens with one attached hydrogen (secondary N) is 1. The van der Waals surface area contributed by atoms with Crippen LogP contribution in [0.3, 0.4) is 0 Å². The number of carboxylic acids is 1. The molecule has 0 fully saturated rings. The number of nitrogens with zero attached hydrogens (tertiary/aromatic N) is 3. The lowest BCUT2D eigenvalue weighted by atomic mass is 9.78. The van der Waals surface area contributed by atoms with E-state index in [0.29, 0.717) is 17.7 Å². The summed E-state index contributed by atoms with van der Waals surface area (Å²) < 4.78 is 1.33. The minimum absolute atomic E-state index is 0.00311. The third-order valence-corrected chi connectivity index (χ3v) is 6.05. The Morgan fingerprint density at radius 3 is 2.61 bits per heavy atom. The van der Waals surface area contributed by atoms with Crippen LogP contribution >= 0.6 is 0 Å². The molecule has 1 aromatic heterocycles. The largest absolute Gasteiger partial charge is 0.505 e. The normalized spacial score (nSPS) is 14.5. The van der Waals surface area contributed by atoms with Crippen LogP contribution < -0.4 is 5.56 Å². The van der Waals surface area contributed by atoms with Gasteiger partial charge in [0.15, 0.2) is 11.4 Å². The van der Waals surface area contributed by atoms with Crippen LogP contribution in [0.1, 0.15) is 49.1 Å². The van der Waals surface area contributed by atoms with Crippen molar-refractivity contribution in [2.75, 3.05) is 0 Å². The van der Waals surface area contributed by atoms with Crippen molar-refractivity contribution < 1.29 is 15.0 Å². The summed E-state index contributed by atoms with van der Waals surface area (Å²) in [5.74, 6) is -0.909. The Morgan fingerprint density at radius 2 is 1.88 bits per heavy atom. The van der Waals surface area contributed by atoms with Gasteiger partial charge in [0, 0.05) is 23.9 Å². The number of aromatic hydroxyl groups is 1. The number of H-pyrrole nitrogens is 1. The van der Waals surface area contributed by atoms with Crippen molar-refractivity contribution in [2.24, 2.45) is 10.2 Å². The molecule has 33 heavy (non-hydrogen) atoms. The highest BCUT2D eigenvalue weighted by Crippen LogP contribution is 2.49. The predicted molar refractivity (Wildman–Crippen MR) is 126 cm³/mol. The standard InChI is InChI=1S/C25H26N4O4/c1-15-22(24(33)29(28-15)13-7-12-21(30)31)27-26-20-11-6-9-17(23(20)32)19-14-16-8-4-5-10-18(16)25(19,2)3/h4-6,8-11,14,28,32H,7,12-13H2,1-3H3,(H,30,31). The minimum atomic E-state index is -0.912. The Morgan fingerprint density at radius 1 is 1.12 bits per heavy atom. The molecule has 1 heterocycles. The lowest BCUT2D eigenvalue weighted by Gasteiger charge is -2.25. The molecule has 1 aliphatic carbocycles. The van der Waals surface area contributed by atoms with Gasteiger partial charge in [-0.3, -0.25) is 19.4 Å². The third kappa shape index (κ3) is 4.11. The molecule has 0 amide bonds. The molecule has 0 aliphatic heterocycles. The van der Waals surface area contributed by atoms with Crippen LogP contribution in [-0.4, -0.2) is 26.0 Å². The van der Waals surface area contributed by atoms with Gasteiger partial charge in [0.25, 0.3) is 5.56 Å². The lowest BCUT2D eigenvalue weighted by molar-refractivity contribution is -0.137. The number of aromatic amines is 1. The summed E-state index contributed by atoms with van der Waals surface area (Å²) >= 11 is 0. The molecule has 0 saturated carbocycles. The molecular weight excluding hydrogens is 420 g/mol. The monoisotopic (exact) mass is 446 g/mol. The highest BCUT2D eigenvalue weighted by molar-refractivity contribution is 5.96. The molecule has 0 radical (unpaired) electrons. The second-order valence-electron chi connectivity index (χ2n) is 8.68. The molecule has 4 rings (SSSR count).